The Morgan fingerprint density at radius 2 is 1.89 bits per heavy atom. The fraction of sp³-hybridized carbons (Fsp3) is 0.211. The molecule has 2 amide bonds. The molecule has 0 saturated carbocycles. The highest BCUT2D eigenvalue weighted by atomic mass is 32.2. The van der Waals surface area contributed by atoms with Crippen LogP contribution in [0.5, 0.6) is 5.75 Å². The number of carbonyl (C=O) groups excluding carboxylic acids is 1. The molecule has 3 aromatic rings. The number of hydrogen-bond acceptors (Lipinski definition) is 6. The van der Waals surface area contributed by atoms with Gasteiger partial charge in [-0.15, -0.1) is 0 Å². The Morgan fingerprint density at radius 1 is 1.11 bits per heavy atom. The highest BCUT2D eigenvalue weighted by molar-refractivity contribution is 7.99. The highest BCUT2D eigenvalue weighted by Crippen LogP contribution is 2.27. The molecule has 0 radical (unpaired) electrons. The van der Waals surface area contributed by atoms with E-state index < -0.39 is 0 Å². The lowest BCUT2D eigenvalue weighted by atomic mass is 10.0. The Labute approximate surface area is 165 Å². The predicted octanol–water partition coefficient (Wildman–Crippen LogP) is 4.03. The van der Waals surface area contributed by atoms with E-state index in [1.165, 1.54) is 28.9 Å². The molecule has 0 aliphatic carbocycles. The first kappa shape index (κ1) is 17.8. The number of urea groups is 1. The second-order valence-corrected chi connectivity index (χ2v) is 7.96. The third-order valence-electron chi connectivity index (χ3n) is 4.35. The van der Waals surface area contributed by atoms with E-state index in [1.54, 1.807) is 17.0 Å². The largest absolute Gasteiger partial charge is 0.508 e. The van der Waals surface area contributed by atoms with Crippen LogP contribution in [0, 0.1) is 0 Å². The first-order valence-corrected chi connectivity index (χ1v) is 10.2. The topological polar surface area (TPSA) is 78.4 Å². The second-order valence-electron chi connectivity index (χ2n) is 6.17. The number of phenols is 1. The Kier molecular flexibility index (Phi) is 5.26. The molecule has 8 heteroatoms. The molecule has 0 unspecified atom stereocenters. The van der Waals surface area contributed by atoms with Crippen molar-refractivity contribution in [3.63, 3.8) is 0 Å². The van der Waals surface area contributed by atoms with Gasteiger partial charge in [-0.2, -0.15) is 9.36 Å². The number of fused-ring (bicyclic) bond motifs is 1. The summed E-state index contributed by atoms with van der Waals surface area (Å²) >= 11 is 2.65. The number of nitrogens with one attached hydrogen (secondary N) is 1. The van der Waals surface area contributed by atoms with Crippen LogP contribution in [0.3, 0.4) is 0 Å². The Balaban J connectivity index is 1.37. The van der Waals surface area contributed by atoms with Gasteiger partial charge in [0.25, 0.3) is 0 Å². The highest BCUT2D eigenvalue weighted by Gasteiger charge is 2.20. The van der Waals surface area contributed by atoms with E-state index in [0.717, 1.165) is 23.3 Å². The van der Waals surface area contributed by atoms with E-state index in [0.29, 0.717) is 23.4 Å². The van der Waals surface area contributed by atoms with E-state index in [-0.39, 0.29) is 11.8 Å². The van der Waals surface area contributed by atoms with Crippen molar-refractivity contribution in [1.82, 2.24) is 14.3 Å². The maximum Gasteiger partial charge on any atom is 0.323 e. The van der Waals surface area contributed by atoms with Crippen LogP contribution in [0.25, 0.3) is 0 Å². The monoisotopic (exact) mass is 398 g/mol. The van der Waals surface area contributed by atoms with Crippen molar-refractivity contribution in [2.75, 3.05) is 18.4 Å². The van der Waals surface area contributed by atoms with E-state index in [9.17, 15) is 9.90 Å². The number of carbonyl (C=O) groups is 1. The normalized spacial score (nSPS) is 13.7. The van der Waals surface area contributed by atoms with Gasteiger partial charge in [0, 0.05) is 29.5 Å². The van der Waals surface area contributed by atoms with Gasteiger partial charge < -0.3 is 10.0 Å². The first-order chi connectivity index (χ1) is 13.2. The van der Waals surface area contributed by atoms with Crippen LogP contribution >= 0.6 is 23.3 Å². The van der Waals surface area contributed by atoms with Gasteiger partial charge in [-0.25, -0.2) is 4.79 Å². The molecule has 0 saturated heterocycles. The average molecular weight is 399 g/mol. The zero-order chi connectivity index (χ0) is 18.6. The van der Waals surface area contributed by atoms with Gasteiger partial charge in [0.05, 0.1) is 0 Å². The van der Waals surface area contributed by atoms with Gasteiger partial charge in [-0.05, 0) is 60.0 Å². The van der Waals surface area contributed by atoms with Gasteiger partial charge in [-0.1, -0.05) is 24.3 Å². The average Bonchev–Trinajstić information content (AvgIpc) is 2.98. The molecule has 2 aromatic carbocycles. The van der Waals surface area contributed by atoms with Crippen LogP contribution < -0.4 is 5.32 Å². The van der Waals surface area contributed by atoms with Crippen LogP contribution in [0.15, 0.2) is 58.6 Å². The molecule has 27 heavy (non-hydrogen) atoms. The minimum Gasteiger partial charge on any atom is -0.508 e. The summed E-state index contributed by atoms with van der Waals surface area (Å²) in [5.74, 6) is 0.268. The SMILES string of the molecule is O=C(Nc1nc(Sc2ccccc2)ns1)N1CCc2ccc(O)cc2CC1. The van der Waals surface area contributed by atoms with Crippen molar-refractivity contribution < 1.29 is 9.90 Å². The summed E-state index contributed by atoms with van der Waals surface area (Å²) in [6.45, 7) is 1.24. The van der Waals surface area contributed by atoms with Crippen LogP contribution in [0.1, 0.15) is 11.1 Å². The maximum atomic E-state index is 12.6. The molecule has 0 bridgehead atoms. The van der Waals surface area contributed by atoms with Crippen molar-refractivity contribution in [3.05, 3.63) is 59.7 Å². The lowest BCUT2D eigenvalue weighted by molar-refractivity contribution is 0.214. The molecule has 0 fully saturated rings. The summed E-state index contributed by atoms with van der Waals surface area (Å²) in [4.78, 5) is 19.8. The fourth-order valence-electron chi connectivity index (χ4n) is 2.98. The molecule has 1 aliphatic heterocycles. The molecular formula is C19H18N4O2S2. The number of rotatable bonds is 3. The molecule has 6 nitrogen and oxygen atoms in total. The van der Waals surface area contributed by atoms with Crippen molar-refractivity contribution in [2.24, 2.45) is 0 Å². The zero-order valence-electron chi connectivity index (χ0n) is 14.5. The third-order valence-corrected chi connectivity index (χ3v) is 5.97. The maximum absolute atomic E-state index is 12.6. The molecule has 0 spiro atoms. The van der Waals surface area contributed by atoms with Gasteiger partial charge in [0.15, 0.2) is 0 Å². The first-order valence-electron chi connectivity index (χ1n) is 8.61. The van der Waals surface area contributed by atoms with Crippen molar-refractivity contribution in [1.29, 1.82) is 0 Å². The van der Waals surface area contributed by atoms with Crippen molar-refractivity contribution in [3.8, 4) is 5.75 Å². The predicted molar refractivity (Wildman–Crippen MR) is 107 cm³/mol. The minimum absolute atomic E-state index is 0.167. The van der Waals surface area contributed by atoms with Crippen LogP contribution in [-0.4, -0.2) is 38.5 Å². The molecule has 4 rings (SSSR count). The number of benzene rings is 2. The molecule has 2 heterocycles. The van der Waals surface area contributed by atoms with Crippen molar-refractivity contribution >= 4 is 34.5 Å². The number of phenolic OH excluding ortho intramolecular Hbond substituents is 1. The molecule has 2 N–H and O–H groups in total. The van der Waals surface area contributed by atoms with Crippen LogP contribution in [0.2, 0.25) is 0 Å². The van der Waals surface area contributed by atoms with E-state index in [4.69, 9.17) is 0 Å². The smallest absolute Gasteiger partial charge is 0.323 e. The fourth-order valence-corrected chi connectivity index (χ4v) is 4.41. The Morgan fingerprint density at radius 3 is 2.70 bits per heavy atom. The van der Waals surface area contributed by atoms with E-state index in [1.807, 2.05) is 36.4 Å². The lowest BCUT2D eigenvalue weighted by Crippen LogP contribution is -2.36. The third kappa shape index (κ3) is 4.40. The quantitative estimate of drug-likeness (QED) is 0.696. The number of aromatic hydroxyl groups is 1. The van der Waals surface area contributed by atoms with Gasteiger partial charge >= 0.3 is 6.03 Å². The van der Waals surface area contributed by atoms with E-state index >= 15 is 0 Å². The van der Waals surface area contributed by atoms with Gasteiger partial charge in [-0.3, -0.25) is 5.32 Å². The second kappa shape index (κ2) is 7.98. The Bertz CT molecular complexity index is 946. The summed E-state index contributed by atoms with van der Waals surface area (Å²) in [5, 5.41) is 13.6. The summed E-state index contributed by atoms with van der Waals surface area (Å²) < 4.78 is 4.30. The number of hydrogen-bond donors (Lipinski definition) is 2. The number of amides is 2. The number of aromatic nitrogens is 2. The summed E-state index contributed by atoms with van der Waals surface area (Å²) in [6.07, 6.45) is 1.50. The van der Waals surface area contributed by atoms with Crippen LogP contribution in [-0.2, 0) is 12.8 Å². The number of anilines is 1. The van der Waals surface area contributed by atoms with Gasteiger partial charge in [0.2, 0.25) is 10.3 Å². The van der Waals surface area contributed by atoms with E-state index in [2.05, 4.69) is 14.7 Å². The lowest BCUT2D eigenvalue weighted by Gasteiger charge is -2.19. The molecule has 138 valence electrons. The molecule has 1 aromatic heterocycles. The number of nitrogens with zero attached hydrogens (tertiary/aromatic N) is 3. The van der Waals surface area contributed by atoms with Gasteiger partial charge in [0.1, 0.15) is 5.75 Å². The summed E-state index contributed by atoms with van der Waals surface area (Å²) in [5.41, 5.74) is 2.28. The molecular weight excluding hydrogens is 380 g/mol. The summed E-state index contributed by atoms with van der Waals surface area (Å²) in [6, 6.07) is 15.1. The van der Waals surface area contributed by atoms with Crippen molar-refractivity contribution in [2.45, 2.75) is 22.9 Å². The molecule has 0 atom stereocenters. The standard InChI is InChI=1S/C19H18N4O2S2/c24-15-7-6-13-8-10-23(11-9-14(13)12-15)19(25)21-17-20-18(22-27-17)26-16-4-2-1-3-5-16/h1-7,12,24H,8-11H2,(H,20,21,22,25). The Hall–Kier alpha value is -2.58. The summed E-state index contributed by atoms with van der Waals surface area (Å²) in [7, 11) is 0. The minimum atomic E-state index is -0.167. The zero-order valence-corrected chi connectivity index (χ0v) is 16.1. The van der Waals surface area contributed by atoms with Crippen LogP contribution in [0.4, 0.5) is 9.93 Å². The molecule has 1 aliphatic rings.